The fourth-order valence-electron chi connectivity index (χ4n) is 3.69. The van der Waals surface area contributed by atoms with E-state index in [9.17, 15) is 14.4 Å². The predicted molar refractivity (Wildman–Crippen MR) is 137 cm³/mol. The number of fused-ring (bicyclic) bond motifs is 1. The van der Waals surface area contributed by atoms with Crippen molar-refractivity contribution in [3.63, 3.8) is 0 Å². The van der Waals surface area contributed by atoms with Crippen LogP contribution in [0.5, 0.6) is 11.5 Å². The number of hydrogen-bond donors (Lipinski definition) is 1. The number of aromatic amines is 1. The molecule has 186 valence electrons. The highest BCUT2D eigenvalue weighted by Crippen LogP contribution is 2.24. The lowest BCUT2D eigenvalue weighted by Crippen LogP contribution is -2.16. The predicted octanol–water partition coefficient (Wildman–Crippen LogP) is 4.49. The number of benzene rings is 2. The number of thiophene rings is 1. The summed E-state index contributed by atoms with van der Waals surface area (Å²) in [6.07, 6.45) is 0.930. The van der Waals surface area contributed by atoms with Gasteiger partial charge in [-0.25, -0.2) is 4.98 Å². The molecule has 36 heavy (non-hydrogen) atoms. The molecule has 0 fully saturated rings. The number of carbonyl (C=O) groups is 2. The molecule has 0 saturated carbocycles. The molecule has 0 atom stereocenters. The summed E-state index contributed by atoms with van der Waals surface area (Å²) >= 11 is 1.30. The molecule has 0 saturated heterocycles. The second-order valence-corrected chi connectivity index (χ2v) is 8.90. The summed E-state index contributed by atoms with van der Waals surface area (Å²) < 4.78 is 16.0. The number of aryl methyl sites for hydroxylation is 1. The molecule has 0 unspecified atom stereocenters. The van der Waals surface area contributed by atoms with E-state index in [0.29, 0.717) is 34.6 Å². The third kappa shape index (κ3) is 6.17. The van der Waals surface area contributed by atoms with E-state index in [0.717, 1.165) is 16.9 Å². The van der Waals surface area contributed by atoms with Crippen molar-refractivity contribution in [2.45, 2.75) is 32.8 Å². The van der Waals surface area contributed by atoms with Crippen molar-refractivity contribution in [3.05, 3.63) is 86.8 Å². The van der Waals surface area contributed by atoms with Gasteiger partial charge < -0.3 is 19.2 Å². The maximum Gasteiger partial charge on any atom is 0.310 e. The zero-order chi connectivity index (χ0) is 25.5. The van der Waals surface area contributed by atoms with Crippen molar-refractivity contribution in [1.82, 2.24) is 9.97 Å². The van der Waals surface area contributed by atoms with Gasteiger partial charge in [-0.05, 0) is 48.7 Å². The quantitative estimate of drug-likeness (QED) is 0.236. The Bertz CT molecular complexity index is 1420. The summed E-state index contributed by atoms with van der Waals surface area (Å²) in [5.41, 5.74) is 2.12. The number of ether oxygens (including phenoxy) is 3. The molecule has 2 aromatic carbocycles. The summed E-state index contributed by atoms with van der Waals surface area (Å²) in [7, 11) is 1.60. The van der Waals surface area contributed by atoms with Gasteiger partial charge >= 0.3 is 5.97 Å². The molecule has 0 radical (unpaired) electrons. The first-order valence-corrected chi connectivity index (χ1v) is 12.4. The van der Waals surface area contributed by atoms with E-state index in [2.05, 4.69) is 9.97 Å². The molecule has 4 aromatic rings. The van der Waals surface area contributed by atoms with Gasteiger partial charge in [0.15, 0.2) is 11.6 Å². The largest absolute Gasteiger partial charge is 0.497 e. The minimum Gasteiger partial charge on any atom is -0.497 e. The van der Waals surface area contributed by atoms with E-state index < -0.39 is 0 Å². The Kier molecular flexibility index (Phi) is 8.12. The standard InChI is InChI=1S/C27H26N2O6S/c1-3-34-23(31)14-18-7-10-20(11-8-18)35-15-19-16-36-27-24(19)26(32)28-25(29-27)22(30)12-9-17-5-4-6-21(13-17)33-2/h4-8,10-11,13,16H,3,9,12,14-15H2,1-2H3,(H,28,29,32). The number of aromatic nitrogens is 2. The van der Waals surface area contributed by atoms with Gasteiger partial charge in [0, 0.05) is 17.4 Å². The summed E-state index contributed by atoms with van der Waals surface area (Å²) in [6.45, 7) is 2.29. The molecule has 0 spiro atoms. The highest BCUT2D eigenvalue weighted by Gasteiger charge is 2.16. The van der Waals surface area contributed by atoms with Crippen LogP contribution in [0, 0.1) is 0 Å². The molecule has 0 aliphatic heterocycles. The first-order valence-electron chi connectivity index (χ1n) is 11.5. The number of rotatable bonds is 11. The van der Waals surface area contributed by atoms with Crippen LogP contribution >= 0.6 is 11.3 Å². The monoisotopic (exact) mass is 506 g/mol. The smallest absolute Gasteiger partial charge is 0.310 e. The number of Topliss-reactive ketones (excluding diaryl/α,β-unsaturated/α-hetero) is 1. The van der Waals surface area contributed by atoms with Crippen LogP contribution in [0.3, 0.4) is 0 Å². The van der Waals surface area contributed by atoms with Crippen molar-refractivity contribution in [2.75, 3.05) is 13.7 Å². The molecule has 0 bridgehead atoms. The highest BCUT2D eigenvalue weighted by atomic mass is 32.1. The van der Waals surface area contributed by atoms with Crippen molar-refractivity contribution in [3.8, 4) is 11.5 Å². The third-order valence-corrected chi connectivity index (χ3v) is 6.45. The molecular weight excluding hydrogens is 480 g/mol. The maximum atomic E-state index is 12.8. The number of nitrogens with one attached hydrogen (secondary N) is 1. The van der Waals surface area contributed by atoms with Crippen LogP contribution in [0.1, 0.15) is 40.7 Å². The Morgan fingerprint density at radius 2 is 1.86 bits per heavy atom. The molecule has 0 aliphatic carbocycles. The highest BCUT2D eigenvalue weighted by molar-refractivity contribution is 7.16. The van der Waals surface area contributed by atoms with Crippen LogP contribution in [-0.2, 0) is 29.0 Å². The van der Waals surface area contributed by atoms with E-state index in [1.165, 1.54) is 11.3 Å². The van der Waals surface area contributed by atoms with E-state index in [4.69, 9.17) is 14.2 Å². The van der Waals surface area contributed by atoms with Gasteiger partial charge in [-0.2, -0.15) is 0 Å². The minimum absolute atomic E-state index is 0.0573. The third-order valence-electron chi connectivity index (χ3n) is 5.53. The lowest BCUT2D eigenvalue weighted by atomic mass is 10.1. The van der Waals surface area contributed by atoms with Gasteiger partial charge in [-0.1, -0.05) is 24.3 Å². The van der Waals surface area contributed by atoms with Gasteiger partial charge in [0.25, 0.3) is 5.56 Å². The van der Waals surface area contributed by atoms with Gasteiger partial charge in [0.2, 0.25) is 0 Å². The molecule has 2 aromatic heterocycles. The number of carbonyl (C=O) groups excluding carboxylic acids is 2. The Morgan fingerprint density at radius 3 is 2.61 bits per heavy atom. The lowest BCUT2D eigenvalue weighted by Gasteiger charge is -2.07. The van der Waals surface area contributed by atoms with Gasteiger partial charge in [0.05, 0.1) is 25.5 Å². The SMILES string of the molecule is CCOC(=O)Cc1ccc(OCc2csc3nc(C(=O)CCc4cccc(OC)c4)[nH]c(=O)c23)cc1. The van der Waals surface area contributed by atoms with E-state index in [1.807, 2.05) is 29.6 Å². The molecule has 4 rings (SSSR count). The number of H-pyrrole nitrogens is 1. The van der Waals surface area contributed by atoms with E-state index in [-0.39, 0.29) is 42.6 Å². The average molecular weight is 507 g/mol. The van der Waals surface area contributed by atoms with E-state index in [1.54, 1.807) is 38.3 Å². The van der Waals surface area contributed by atoms with Crippen LogP contribution in [0.15, 0.2) is 58.7 Å². The van der Waals surface area contributed by atoms with Crippen molar-refractivity contribution < 1.29 is 23.8 Å². The first kappa shape index (κ1) is 25.1. The molecule has 0 aliphatic rings. The van der Waals surface area contributed by atoms with Gasteiger partial charge in [-0.15, -0.1) is 11.3 Å². The van der Waals surface area contributed by atoms with Crippen molar-refractivity contribution >= 4 is 33.3 Å². The first-order chi connectivity index (χ1) is 17.5. The molecule has 2 heterocycles. The zero-order valence-electron chi connectivity index (χ0n) is 20.0. The Morgan fingerprint density at radius 1 is 1.06 bits per heavy atom. The summed E-state index contributed by atoms with van der Waals surface area (Å²) in [5, 5.41) is 2.23. The van der Waals surface area contributed by atoms with E-state index >= 15 is 0 Å². The zero-order valence-corrected chi connectivity index (χ0v) is 20.9. The number of ketones is 1. The second-order valence-electron chi connectivity index (χ2n) is 8.04. The molecular formula is C27H26N2O6S. The lowest BCUT2D eigenvalue weighted by molar-refractivity contribution is -0.142. The van der Waals surface area contributed by atoms with Gasteiger partial charge in [0.1, 0.15) is 22.9 Å². The second kappa shape index (κ2) is 11.6. The molecule has 0 amide bonds. The van der Waals surface area contributed by atoms with Crippen molar-refractivity contribution in [1.29, 1.82) is 0 Å². The average Bonchev–Trinajstić information content (AvgIpc) is 3.30. The van der Waals surface area contributed by atoms with Crippen LogP contribution in [0.2, 0.25) is 0 Å². The summed E-state index contributed by atoms with van der Waals surface area (Å²) in [6, 6.07) is 14.7. The number of methoxy groups -OCH3 is 1. The minimum atomic E-state index is -0.366. The normalized spacial score (nSPS) is 10.8. The van der Waals surface area contributed by atoms with Crippen LogP contribution in [0.25, 0.3) is 10.2 Å². The van der Waals surface area contributed by atoms with Gasteiger partial charge in [-0.3, -0.25) is 14.4 Å². The number of esters is 1. The fourth-order valence-corrected chi connectivity index (χ4v) is 4.62. The molecule has 1 N–H and O–H groups in total. The molecule has 8 nitrogen and oxygen atoms in total. The van der Waals surface area contributed by atoms with Crippen molar-refractivity contribution in [2.24, 2.45) is 0 Å². The maximum absolute atomic E-state index is 12.8. The Hall–Kier alpha value is -3.98. The van der Waals surface area contributed by atoms with Crippen LogP contribution in [0.4, 0.5) is 0 Å². The molecule has 9 heteroatoms. The summed E-state index contributed by atoms with van der Waals surface area (Å²) in [5.74, 6) is 0.887. The fraction of sp³-hybridized carbons (Fsp3) is 0.259. The number of nitrogens with zero attached hydrogens (tertiary/aromatic N) is 1. The Balaban J connectivity index is 1.40. The topological polar surface area (TPSA) is 108 Å². The van der Waals surface area contributed by atoms with Crippen LogP contribution in [-0.4, -0.2) is 35.4 Å². The summed E-state index contributed by atoms with van der Waals surface area (Å²) in [4.78, 5) is 44.6. The van der Waals surface area contributed by atoms with Crippen LogP contribution < -0.4 is 15.0 Å². The Labute approximate surface area is 211 Å². The number of hydrogen-bond acceptors (Lipinski definition) is 8.